The van der Waals surface area contributed by atoms with Gasteiger partial charge >= 0.3 is 6.18 Å². The molecule has 0 aliphatic heterocycles. The van der Waals surface area contributed by atoms with Gasteiger partial charge in [0.1, 0.15) is 0 Å². The number of sulfone groups is 1. The lowest BCUT2D eigenvalue weighted by atomic mass is 9.81. The third-order valence-electron chi connectivity index (χ3n) is 7.42. The molecule has 1 fully saturated rings. The number of hydrogen-bond acceptors (Lipinski definition) is 6. The molecule has 1 aliphatic rings. The molecule has 42 heavy (non-hydrogen) atoms. The number of benzene rings is 2. The van der Waals surface area contributed by atoms with Gasteiger partial charge in [-0.2, -0.15) is 13.2 Å². The van der Waals surface area contributed by atoms with Crippen LogP contribution in [-0.4, -0.2) is 68.4 Å². The zero-order valence-electron chi connectivity index (χ0n) is 23.8. The second-order valence-corrected chi connectivity index (χ2v) is 13.5. The smallest absolute Gasteiger partial charge is 0.352 e. The molecule has 0 aromatic heterocycles. The van der Waals surface area contributed by atoms with E-state index in [0.29, 0.717) is 25.8 Å². The topological polar surface area (TPSA) is 95.6 Å². The molecule has 3 atom stereocenters. The van der Waals surface area contributed by atoms with Crippen LogP contribution in [0.4, 0.5) is 13.2 Å². The van der Waals surface area contributed by atoms with E-state index < -0.39 is 51.9 Å². The van der Waals surface area contributed by atoms with Gasteiger partial charge in [0.05, 0.1) is 29.3 Å². The predicted octanol–water partition coefficient (Wildman–Crippen LogP) is 4.63. The number of nitrogens with one attached hydrogen (secondary N) is 2. The summed E-state index contributed by atoms with van der Waals surface area (Å²) in [5.41, 5.74) is -1.19. The third kappa shape index (κ3) is 8.99. The highest BCUT2D eigenvalue weighted by Gasteiger charge is 2.37. The van der Waals surface area contributed by atoms with Gasteiger partial charge in [0.2, 0.25) is 5.91 Å². The van der Waals surface area contributed by atoms with Crippen LogP contribution in [0.3, 0.4) is 0 Å². The van der Waals surface area contributed by atoms with Crippen molar-refractivity contribution in [3.8, 4) is 12.3 Å². The van der Waals surface area contributed by atoms with Crippen LogP contribution in [0.25, 0.3) is 0 Å². The monoisotopic (exact) mass is 623 g/mol. The average molecular weight is 624 g/mol. The quantitative estimate of drug-likeness (QED) is 0.280. The molecule has 0 unspecified atom stereocenters. The van der Waals surface area contributed by atoms with E-state index >= 15 is 0 Å². The van der Waals surface area contributed by atoms with Gasteiger partial charge in [0, 0.05) is 28.6 Å². The van der Waals surface area contributed by atoms with Crippen molar-refractivity contribution >= 4 is 33.4 Å². The fraction of sp³-hybridized carbons (Fsp3) is 0.467. The Balaban J connectivity index is 1.74. The van der Waals surface area contributed by atoms with Crippen LogP contribution < -0.4 is 10.6 Å². The number of halogens is 3. The number of terminal acetylenes is 1. The number of thioether (sulfide) groups is 1. The van der Waals surface area contributed by atoms with Gasteiger partial charge in [-0.3, -0.25) is 14.5 Å². The van der Waals surface area contributed by atoms with E-state index in [4.69, 9.17) is 6.42 Å². The van der Waals surface area contributed by atoms with E-state index in [-0.39, 0.29) is 28.3 Å². The van der Waals surface area contributed by atoms with E-state index in [1.807, 2.05) is 20.1 Å². The number of rotatable bonds is 11. The van der Waals surface area contributed by atoms with Crippen molar-refractivity contribution in [1.29, 1.82) is 0 Å². The zero-order chi connectivity index (χ0) is 31.1. The molecule has 12 heteroatoms. The first kappa shape index (κ1) is 33.5. The third-order valence-corrected chi connectivity index (χ3v) is 10.0. The summed E-state index contributed by atoms with van der Waals surface area (Å²) in [7, 11) is -3.69. The summed E-state index contributed by atoms with van der Waals surface area (Å²) in [5.74, 6) is 0.668. The van der Waals surface area contributed by atoms with Crippen LogP contribution >= 0.6 is 11.8 Å². The summed E-state index contributed by atoms with van der Waals surface area (Å²) in [5, 5.41) is 5.22. The molecular formula is C30H36F3N3O4S2. The molecule has 3 rings (SSSR count). The summed E-state index contributed by atoms with van der Waals surface area (Å²) in [6, 6.07) is 10.3. The minimum atomic E-state index is -4.61. The molecule has 0 saturated heterocycles. The number of amides is 2. The first-order valence-corrected chi connectivity index (χ1v) is 16.4. The summed E-state index contributed by atoms with van der Waals surface area (Å²) >= 11 is 1.50. The lowest BCUT2D eigenvalue weighted by Gasteiger charge is -2.42. The second-order valence-electron chi connectivity index (χ2n) is 10.6. The number of alkyl halides is 3. The maximum absolute atomic E-state index is 13.4. The summed E-state index contributed by atoms with van der Waals surface area (Å²) < 4.78 is 65.9. The van der Waals surface area contributed by atoms with Crippen molar-refractivity contribution in [2.45, 2.75) is 67.2 Å². The Morgan fingerprint density at radius 3 is 2.43 bits per heavy atom. The van der Waals surface area contributed by atoms with Crippen molar-refractivity contribution in [1.82, 2.24) is 15.5 Å². The Kier molecular flexibility index (Phi) is 11.5. The van der Waals surface area contributed by atoms with Gasteiger partial charge < -0.3 is 10.6 Å². The Labute approximate surface area is 249 Å². The molecule has 1 aliphatic carbocycles. The highest BCUT2D eigenvalue weighted by atomic mass is 32.2. The molecular weight excluding hydrogens is 587 g/mol. The Morgan fingerprint density at radius 2 is 1.83 bits per heavy atom. The Bertz CT molecular complexity index is 1390. The highest BCUT2D eigenvalue weighted by molar-refractivity contribution is 7.98. The zero-order valence-corrected chi connectivity index (χ0v) is 25.4. The van der Waals surface area contributed by atoms with E-state index in [9.17, 15) is 31.2 Å². The molecule has 1 saturated carbocycles. The SMILES string of the molecule is C#CCN(C(C)C)[C@@H]1CC[C@H](NC(=O)CNC(=O)c2cccc(C(F)(F)F)c2)[C@H](CS(=O)(=O)c2ccc(SC)cc2)C1. The van der Waals surface area contributed by atoms with E-state index in [1.165, 1.54) is 17.8 Å². The van der Waals surface area contributed by atoms with Crippen LogP contribution in [0.15, 0.2) is 58.3 Å². The van der Waals surface area contributed by atoms with Crippen molar-refractivity contribution in [2.24, 2.45) is 5.92 Å². The van der Waals surface area contributed by atoms with Crippen molar-refractivity contribution in [2.75, 3.05) is 25.1 Å². The first-order valence-electron chi connectivity index (χ1n) is 13.6. The lowest BCUT2D eigenvalue weighted by Crippen LogP contribution is -2.53. The molecule has 0 heterocycles. The Morgan fingerprint density at radius 1 is 1.14 bits per heavy atom. The summed E-state index contributed by atoms with van der Waals surface area (Å²) in [6.07, 6.45) is 4.56. The van der Waals surface area contributed by atoms with Crippen molar-refractivity contribution in [3.05, 3.63) is 59.7 Å². The fourth-order valence-electron chi connectivity index (χ4n) is 5.27. The molecule has 2 aromatic rings. The average Bonchev–Trinajstić information content (AvgIpc) is 2.95. The van der Waals surface area contributed by atoms with Crippen LogP contribution in [0.1, 0.15) is 49.0 Å². The van der Waals surface area contributed by atoms with Crippen LogP contribution in [0.5, 0.6) is 0 Å². The van der Waals surface area contributed by atoms with Crippen LogP contribution in [-0.2, 0) is 20.8 Å². The van der Waals surface area contributed by atoms with Gasteiger partial charge in [-0.05, 0) is 87.7 Å². The summed E-state index contributed by atoms with van der Waals surface area (Å²) in [4.78, 5) is 28.6. The van der Waals surface area contributed by atoms with Gasteiger partial charge in [-0.25, -0.2) is 8.42 Å². The van der Waals surface area contributed by atoms with Crippen molar-refractivity contribution < 1.29 is 31.2 Å². The standard InChI is InChI=1S/C30H36F3N3O4S2/c1-5-15-36(20(2)3)24-9-14-27(22(17-24)19-42(39,40)26-12-10-25(41-4)11-13-26)35-28(37)18-34-29(38)21-7-6-8-23(16-21)30(31,32)33/h1,6-8,10-13,16,20,22,24,27H,9,14-15,17-19H2,2-4H3,(H,34,38)(H,35,37)/t22-,24+,27-/m0/s1. The van der Waals surface area contributed by atoms with Crippen LogP contribution in [0, 0.1) is 18.3 Å². The number of carbonyl (C=O) groups excluding carboxylic acids is 2. The second kappa shape index (κ2) is 14.4. The normalized spacial score (nSPS) is 19.4. The van der Waals surface area contributed by atoms with Gasteiger partial charge in [0.15, 0.2) is 9.84 Å². The molecule has 0 spiro atoms. The Hall–Kier alpha value is -3.01. The molecule has 0 radical (unpaired) electrons. The molecule has 2 N–H and O–H groups in total. The van der Waals surface area contributed by atoms with Gasteiger partial charge in [-0.15, -0.1) is 18.2 Å². The molecule has 2 amide bonds. The van der Waals surface area contributed by atoms with Crippen LogP contribution in [0.2, 0.25) is 0 Å². The molecule has 2 aromatic carbocycles. The fourth-order valence-corrected chi connectivity index (χ4v) is 7.36. The van der Waals surface area contributed by atoms with Gasteiger partial charge in [-0.1, -0.05) is 12.0 Å². The van der Waals surface area contributed by atoms with Crippen molar-refractivity contribution in [3.63, 3.8) is 0 Å². The number of nitrogens with zero attached hydrogens (tertiary/aromatic N) is 1. The number of hydrogen-bond donors (Lipinski definition) is 2. The van der Waals surface area contributed by atoms with E-state index in [1.54, 1.807) is 24.3 Å². The largest absolute Gasteiger partial charge is 0.416 e. The molecule has 0 bridgehead atoms. The minimum absolute atomic E-state index is 0.0221. The first-order chi connectivity index (χ1) is 19.7. The maximum atomic E-state index is 13.4. The lowest BCUT2D eigenvalue weighted by molar-refractivity contribution is -0.137. The maximum Gasteiger partial charge on any atom is 0.416 e. The van der Waals surface area contributed by atoms with Gasteiger partial charge in [0.25, 0.3) is 5.91 Å². The van der Waals surface area contributed by atoms with E-state index in [2.05, 4.69) is 21.5 Å². The van der Waals surface area contributed by atoms with E-state index in [0.717, 1.165) is 23.1 Å². The molecule has 7 nitrogen and oxygen atoms in total. The molecule has 228 valence electrons. The summed E-state index contributed by atoms with van der Waals surface area (Å²) in [6.45, 7) is 3.99. The highest BCUT2D eigenvalue weighted by Crippen LogP contribution is 2.32. The number of carbonyl (C=O) groups is 2. The predicted molar refractivity (Wildman–Crippen MR) is 158 cm³/mol. The minimum Gasteiger partial charge on any atom is -0.352 e.